The SMILES string of the molecule is CC(C)(C)OC(=O)N1Cc2[nH]c3ccccc3c2CC1C(=O)O.CC(C)(C)OC(=O)N1Cc2[nH]c3ccccc3c2CC1C(N)=O.CC(C)(C)OC(=O)N1Cc2c(c3ccccc3n2Cc2ccc(F)cc2)CC1C(N)=O.CC(C)(C)OC(=O)N1Cc2c(c3ccccc3n2Cc2ccc(F)cc2)CC1CN.Fc1ccc(CBr)cc1.O=C(O)C1Cc2c([nH]c3ccccc23)CN1. The normalized spacial score (nSPS) is 16.8. The van der Waals surface area contributed by atoms with Crippen molar-refractivity contribution >= 4 is 119 Å². The number of alkyl halides is 1. The Bertz CT molecular complexity index is 6280. The van der Waals surface area contributed by atoms with Gasteiger partial charge in [0.05, 0.1) is 32.2 Å². The van der Waals surface area contributed by atoms with Crippen LogP contribution in [0.5, 0.6) is 0 Å². The number of hydrogen-bond acceptors (Lipinski definition) is 14. The number of para-hydroxylation sites is 5. The topological polar surface area (TPSA) is 374 Å². The molecule has 5 aliphatic heterocycles. The van der Waals surface area contributed by atoms with Gasteiger partial charge < -0.3 is 70.4 Å². The van der Waals surface area contributed by atoms with Crippen molar-refractivity contribution in [2.24, 2.45) is 17.2 Å². The summed E-state index contributed by atoms with van der Waals surface area (Å²) in [5, 5.41) is 27.7. The van der Waals surface area contributed by atoms with Crippen LogP contribution in [0.3, 0.4) is 0 Å². The van der Waals surface area contributed by atoms with Gasteiger partial charge in [-0.05, 0) is 201 Å². The highest BCUT2D eigenvalue weighted by Crippen LogP contribution is 2.39. The van der Waals surface area contributed by atoms with Gasteiger partial charge in [0.1, 0.15) is 64.0 Å². The average molecular weight is 1870 g/mol. The summed E-state index contributed by atoms with van der Waals surface area (Å²) in [7, 11) is 0. The molecule has 10 heterocycles. The van der Waals surface area contributed by atoms with E-state index < -0.39 is 88.6 Å². The van der Waals surface area contributed by atoms with Crippen LogP contribution in [0.1, 0.15) is 156 Å². The number of ether oxygens (including phenoxy) is 4. The number of primary amides is 2. The Labute approximate surface area is 771 Å². The van der Waals surface area contributed by atoms with E-state index >= 15 is 0 Å². The van der Waals surface area contributed by atoms with Crippen molar-refractivity contribution in [1.82, 2.24) is 49.0 Å². The van der Waals surface area contributed by atoms with Crippen molar-refractivity contribution in [3.8, 4) is 0 Å². The lowest BCUT2D eigenvalue weighted by atomic mass is 9.96. The Morgan fingerprint density at radius 2 is 0.705 bits per heavy atom. The maximum atomic E-state index is 13.4. The fourth-order valence-corrected chi connectivity index (χ4v) is 17.5. The van der Waals surface area contributed by atoms with Crippen LogP contribution in [0.25, 0.3) is 54.5 Å². The molecule has 6 amide bonds. The minimum atomic E-state index is -1.02. The van der Waals surface area contributed by atoms with E-state index in [-0.39, 0.29) is 55.6 Å². The summed E-state index contributed by atoms with van der Waals surface area (Å²) in [6.07, 6.45) is 0.182. The van der Waals surface area contributed by atoms with Gasteiger partial charge >= 0.3 is 36.3 Å². The van der Waals surface area contributed by atoms with Crippen LogP contribution in [0, 0.1) is 17.5 Å². The van der Waals surface area contributed by atoms with Crippen LogP contribution in [-0.4, -0.2) is 161 Å². The first-order valence-corrected chi connectivity index (χ1v) is 44.8. The van der Waals surface area contributed by atoms with Crippen molar-refractivity contribution in [2.45, 2.75) is 219 Å². The van der Waals surface area contributed by atoms with Crippen LogP contribution >= 0.6 is 15.9 Å². The number of carbonyl (C=O) groups excluding carboxylic acids is 6. The monoisotopic (exact) mass is 1870 g/mol. The number of rotatable bonds is 10. The molecule has 8 aromatic carbocycles. The van der Waals surface area contributed by atoms with Gasteiger partial charge in [-0.1, -0.05) is 143 Å². The number of fused-ring (bicyclic) bond motifs is 15. The molecular formula is C101H113BrF3N13O14. The third kappa shape index (κ3) is 22.9. The number of aromatic nitrogens is 5. The van der Waals surface area contributed by atoms with Crippen molar-refractivity contribution in [3.05, 3.63) is 285 Å². The summed E-state index contributed by atoms with van der Waals surface area (Å²) in [6, 6.07) is 56.2. The number of aliphatic carboxylic acids is 2. The fourth-order valence-electron chi connectivity index (χ4n) is 17.1. The number of halogens is 4. The molecule has 5 atom stereocenters. The number of carboxylic acid groups (broad SMARTS) is 2. The highest BCUT2D eigenvalue weighted by atomic mass is 79.9. The highest BCUT2D eigenvalue weighted by Gasteiger charge is 2.43. The fraction of sp³-hybridized carbons (Fsp3) is 0.347. The Morgan fingerprint density at radius 1 is 0.386 bits per heavy atom. The molecule has 0 radical (unpaired) electrons. The quantitative estimate of drug-likeness (QED) is 0.0454. The molecule has 0 saturated carbocycles. The van der Waals surface area contributed by atoms with E-state index in [1.165, 1.54) is 62.0 Å². The number of H-pyrrole nitrogens is 3. The van der Waals surface area contributed by atoms with E-state index in [9.17, 15) is 56.6 Å². The highest BCUT2D eigenvalue weighted by molar-refractivity contribution is 9.08. The molecule has 132 heavy (non-hydrogen) atoms. The number of amides is 6. The molecule has 31 heteroatoms. The molecule has 0 bridgehead atoms. The molecule has 0 aliphatic carbocycles. The van der Waals surface area contributed by atoms with Crippen LogP contribution in [-0.2, 0) is 121 Å². The Balaban J connectivity index is 0.000000139. The lowest BCUT2D eigenvalue weighted by Crippen LogP contribution is -2.52. The van der Waals surface area contributed by atoms with Gasteiger partial charge in [-0.15, -0.1) is 0 Å². The number of carboxylic acids is 2. The molecule has 18 rings (SSSR count). The molecule has 0 spiro atoms. The van der Waals surface area contributed by atoms with E-state index in [2.05, 4.69) is 57.5 Å². The van der Waals surface area contributed by atoms with Crippen molar-refractivity contribution in [1.29, 1.82) is 0 Å². The molecule has 27 nitrogen and oxygen atoms in total. The predicted octanol–water partition coefficient (Wildman–Crippen LogP) is 17.6. The van der Waals surface area contributed by atoms with Gasteiger partial charge in [0.15, 0.2) is 0 Å². The number of carbonyl (C=O) groups is 8. The summed E-state index contributed by atoms with van der Waals surface area (Å²) in [5.41, 5.74) is 33.1. The van der Waals surface area contributed by atoms with Crippen molar-refractivity contribution < 1.29 is 80.7 Å². The van der Waals surface area contributed by atoms with E-state index in [1.54, 1.807) is 104 Å². The van der Waals surface area contributed by atoms with Crippen molar-refractivity contribution in [3.63, 3.8) is 0 Å². The second kappa shape index (κ2) is 40.1. The minimum Gasteiger partial charge on any atom is -0.480 e. The standard InChI is InChI=1S/C24H26FN3O3.C24H28FN3O2.C17H21N3O3.C17H20N2O4.C12H12N2O2.C7H6BrF/c1-24(2,3)31-23(30)28-14-21-18(12-20(28)22(26)29)17-6-4-5-7-19(17)27(21)13-15-8-10-16(25)11-9-15;1-24(2,3)30-23(29)27-15-22-20(12-18(27)13-26)19-6-4-5-7-21(19)28(22)14-16-8-10-17(25)11-9-16;1-17(2,3)23-16(22)20-9-13-11(8-14(20)15(18)21)10-6-4-5-7-12(10)19-13;1-17(2,3)23-16(22)19-9-13-11(8-14(19)15(20)21)10-6-4-5-7-12(10)18-13;15-12(16)10-5-8-7-3-1-2-4-9(7)14-11(8)6-13-10;8-5-6-1-3-7(9)4-2-6/h4-11,20H,12-14H2,1-3H3,(H2,26,29);4-11,18H,12-15,26H2,1-3H3;4-7,14,19H,8-9H2,1-3H3,(H2,18,21);4-7,14,18H,8-9H2,1-3H3,(H,20,21);1-4,10,13-14H,5-6H2,(H,15,16);1-4H,5H2. The third-order valence-electron chi connectivity index (χ3n) is 23.1. The second-order valence-electron chi connectivity index (χ2n) is 37.3. The number of benzene rings is 8. The molecule has 5 aliphatic rings. The molecule has 694 valence electrons. The second-order valence-corrected chi connectivity index (χ2v) is 37.8. The van der Waals surface area contributed by atoms with Gasteiger partial charge in [-0.2, -0.15) is 0 Å². The Hall–Kier alpha value is -13.4. The molecule has 13 aromatic rings. The predicted molar refractivity (Wildman–Crippen MR) is 503 cm³/mol. The minimum absolute atomic E-state index is 0.113. The lowest BCUT2D eigenvalue weighted by molar-refractivity contribution is -0.144. The van der Waals surface area contributed by atoms with Crippen LogP contribution in [0.15, 0.2) is 194 Å². The summed E-state index contributed by atoms with van der Waals surface area (Å²) in [6.45, 7) is 24.8. The lowest BCUT2D eigenvalue weighted by Gasteiger charge is -2.37. The number of aromatic amines is 3. The Kier molecular flexibility index (Phi) is 29.2. The maximum Gasteiger partial charge on any atom is 0.411 e. The van der Waals surface area contributed by atoms with Crippen molar-refractivity contribution in [2.75, 3.05) is 6.54 Å². The van der Waals surface area contributed by atoms with Gasteiger partial charge in [-0.3, -0.25) is 39.3 Å². The van der Waals surface area contributed by atoms with Gasteiger partial charge in [0.2, 0.25) is 11.8 Å². The summed E-state index contributed by atoms with van der Waals surface area (Å²) < 4.78 is 65.3. The van der Waals surface area contributed by atoms with E-state index in [1.807, 2.05) is 130 Å². The van der Waals surface area contributed by atoms with Gasteiger partial charge in [0.25, 0.3) is 0 Å². The molecule has 5 aromatic heterocycles. The number of hydrogen-bond donors (Lipinski definition) is 9. The number of nitrogens with zero attached hydrogens (tertiary/aromatic N) is 6. The number of nitrogens with one attached hydrogen (secondary N) is 4. The Morgan fingerprint density at radius 3 is 1.08 bits per heavy atom. The first kappa shape index (κ1) is 96.2. The van der Waals surface area contributed by atoms with Crippen LogP contribution in [0.4, 0.5) is 32.3 Å². The zero-order valence-electron chi connectivity index (χ0n) is 76.0. The first-order valence-electron chi connectivity index (χ1n) is 43.7. The molecule has 5 unspecified atom stereocenters. The van der Waals surface area contributed by atoms with Gasteiger partial charge in [-0.25, -0.2) is 37.1 Å². The van der Waals surface area contributed by atoms with E-state index in [0.29, 0.717) is 58.4 Å². The summed E-state index contributed by atoms with van der Waals surface area (Å²) >= 11 is 3.26. The molecular weight excluding hydrogens is 1760 g/mol. The smallest absolute Gasteiger partial charge is 0.411 e. The van der Waals surface area contributed by atoms with E-state index in [0.717, 1.165) is 122 Å². The van der Waals surface area contributed by atoms with Crippen LogP contribution in [0.2, 0.25) is 0 Å². The third-order valence-corrected chi connectivity index (χ3v) is 23.8. The van der Waals surface area contributed by atoms with Gasteiger partial charge in [0, 0.05) is 140 Å². The average Bonchev–Trinajstić information content (AvgIpc) is 1.62. The van der Waals surface area contributed by atoms with Crippen LogP contribution < -0.4 is 22.5 Å². The number of nitrogens with two attached hydrogens (primary N) is 3. The molecule has 0 saturated heterocycles. The molecule has 0 fully saturated rings. The summed E-state index contributed by atoms with van der Waals surface area (Å²) in [4.78, 5) is 113. The zero-order valence-corrected chi connectivity index (χ0v) is 77.6. The molecule has 12 N–H and O–H groups in total. The zero-order chi connectivity index (χ0) is 95.2. The maximum absolute atomic E-state index is 13.4. The summed E-state index contributed by atoms with van der Waals surface area (Å²) in [5.74, 6) is -3.61. The first-order chi connectivity index (χ1) is 62.5. The van der Waals surface area contributed by atoms with E-state index in [4.69, 9.17) is 41.3 Å². The largest absolute Gasteiger partial charge is 0.480 e.